The quantitative estimate of drug-likeness (QED) is 0.309. The summed E-state index contributed by atoms with van der Waals surface area (Å²) >= 11 is 3.40. The molecule has 2 aromatic carbocycles. The van der Waals surface area contributed by atoms with Gasteiger partial charge in [0.1, 0.15) is 17.8 Å². The van der Waals surface area contributed by atoms with Crippen LogP contribution in [-0.4, -0.2) is 66.7 Å². The summed E-state index contributed by atoms with van der Waals surface area (Å²) in [5.74, 6) is 0.650. The van der Waals surface area contributed by atoms with Gasteiger partial charge in [0.25, 0.3) is 5.91 Å². The van der Waals surface area contributed by atoms with Crippen molar-refractivity contribution >= 4 is 45.3 Å². The van der Waals surface area contributed by atoms with Crippen LogP contribution in [0.1, 0.15) is 56.8 Å². The fraction of sp³-hybridized carbons (Fsp3) is 0.414. The van der Waals surface area contributed by atoms with Crippen molar-refractivity contribution in [1.29, 1.82) is 0 Å². The Balaban J connectivity index is 0.000000219. The third-order valence-corrected chi connectivity index (χ3v) is 6.51. The van der Waals surface area contributed by atoms with Crippen LogP contribution in [0.4, 0.5) is 4.79 Å². The van der Waals surface area contributed by atoms with Gasteiger partial charge in [0.2, 0.25) is 12.2 Å². The molecule has 1 aliphatic heterocycles. The van der Waals surface area contributed by atoms with Gasteiger partial charge >= 0.3 is 6.09 Å². The second kappa shape index (κ2) is 13.1. The molecule has 3 amide bonds. The van der Waals surface area contributed by atoms with Crippen molar-refractivity contribution < 1.29 is 33.0 Å². The van der Waals surface area contributed by atoms with Gasteiger partial charge < -0.3 is 23.5 Å². The fourth-order valence-electron chi connectivity index (χ4n) is 3.97. The fourth-order valence-corrected chi connectivity index (χ4v) is 4.31. The van der Waals surface area contributed by atoms with Gasteiger partial charge in [0.05, 0.1) is 24.1 Å². The summed E-state index contributed by atoms with van der Waals surface area (Å²) in [5, 5.41) is 0.822. The average molecular weight is 604 g/mol. The first-order valence-electron chi connectivity index (χ1n) is 12.6. The van der Waals surface area contributed by atoms with Crippen molar-refractivity contribution in [3.63, 3.8) is 0 Å². The van der Waals surface area contributed by atoms with Crippen LogP contribution < -0.4 is 4.74 Å². The Bertz CT molecular complexity index is 1290. The topological polar surface area (TPSA) is 98.5 Å². The first-order chi connectivity index (χ1) is 18.5. The number of benzene rings is 2. The lowest BCUT2D eigenvalue weighted by Gasteiger charge is -2.27. The summed E-state index contributed by atoms with van der Waals surface area (Å²) in [5.41, 5.74) is 0.911. The van der Waals surface area contributed by atoms with E-state index in [2.05, 4.69) is 15.9 Å². The van der Waals surface area contributed by atoms with Gasteiger partial charge in [-0.1, -0.05) is 46.3 Å². The van der Waals surface area contributed by atoms with Crippen LogP contribution in [0, 0.1) is 0 Å². The number of carbonyl (C=O) groups excluding carboxylic acids is 3. The molecule has 0 aliphatic carbocycles. The molecule has 0 saturated carbocycles. The summed E-state index contributed by atoms with van der Waals surface area (Å²) in [4.78, 5) is 38.4. The average Bonchev–Trinajstić information content (AvgIpc) is 3.20. The van der Waals surface area contributed by atoms with Crippen molar-refractivity contribution in [3.05, 3.63) is 64.3 Å². The van der Waals surface area contributed by atoms with E-state index in [-0.39, 0.29) is 23.8 Å². The molecular weight excluding hydrogens is 568 g/mol. The molecule has 1 aliphatic rings. The van der Waals surface area contributed by atoms with Gasteiger partial charge in [0.15, 0.2) is 5.75 Å². The third kappa shape index (κ3) is 7.60. The first-order valence-corrected chi connectivity index (χ1v) is 13.4. The van der Waals surface area contributed by atoms with Crippen molar-refractivity contribution in [2.24, 2.45) is 0 Å². The van der Waals surface area contributed by atoms with Gasteiger partial charge in [-0.2, -0.15) is 0 Å². The monoisotopic (exact) mass is 602 g/mol. The Kier molecular flexibility index (Phi) is 10.2. The molecule has 210 valence electrons. The standard InChI is InChI=1S/C15H16BrNO4.C14H19NO3/c1-9-8-20-13-11-4-3-10(16)7-12(11)21-14(13)15(18)17(9)5-6-19-2;1-11(12-8-6-5-7-9-12)15(10-16)13(17)18-14(2,3)4/h3-4,7,9H,5-6,8H2,1-2H3;5-11H,1-4H3/t;11-/m.0/s1. The maximum Gasteiger partial charge on any atom is 0.417 e. The lowest BCUT2D eigenvalue weighted by atomic mass is 10.1. The van der Waals surface area contributed by atoms with Crippen LogP contribution in [-0.2, 0) is 14.3 Å². The smallest absolute Gasteiger partial charge is 0.417 e. The molecule has 0 bridgehead atoms. The molecule has 0 N–H and O–H groups in total. The maximum absolute atomic E-state index is 12.7. The van der Waals surface area contributed by atoms with Crippen molar-refractivity contribution in [3.8, 4) is 5.75 Å². The highest BCUT2D eigenvalue weighted by Crippen LogP contribution is 2.37. The van der Waals surface area contributed by atoms with E-state index < -0.39 is 11.7 Å². The maximum atomic E-state index is 12.7. The van der Waals surface area contributed by atoms with Crippen LogP contribution in [0.3, 0.4) is 0 Å². The lowest BCUT2D eigenvalue weighted by molar-refractivity contribution is -0.119. The number of amides is 3. The number of nitrogens with zero attached hydrogens (tertiary/aromatic N) is 2. The van der Waals surface area contributed by atoms with Crippen LogP contribution in [0.15, 0.2) is 57.4 Å². The SMILES string of the molecule is COCCN1C(=O)c2oc3cc(Br)ccc3c2OCC1C.C[C@@H](c1ccccc1)N(C=O)C(=O)OC(C)(C)C. The molecule has 1 aromatic heterocycles. The first kappa shape index (κ1) is 30.2. The van der Waals surface area contributed by atoms with E-state index in [0.717, 1.165) is 20.3 Å². The Morgan fingerprint density at radius 3 is 2.54 bits per heavy atom. The molecular formula is C29H35BrN2O7. The minimum atomic E-state index is -0.631. The van der Waals surface area contributed by atoms with E-state index in [1.165, 1.54) is 0 Å². The molecule has 9 nitrogen and oxygen atoms in total. The third-order valence-electron chi connectivity index (χ3n) is 6.02. The highest BCUT2D eigenvalue weighted by atomic mass is 79.9. The summed E-state index contributed by atoms with van der Waals surface area (Å²) < 4.78 is 22.7. The highest BCUT2D eigenvalue weighted by Gasteiger charge is 2.33. The van der Waals surface area contributed by atoms with Crippen LogP contribution >= 0.6 is 15.9 Å². The Morgan fingerprint density at radius 2 is 1.92 bits per heavy atom. The van der Waals surface area contributed by atoms with Crippen molar-refractivity contribution in [2.75, 3.05) is 26.9 Å². The summed E-state index contributed by atoms with van der Waals surface area (Å²) in [6, 6.07) is 14.6. The molecule has 2 atom stereocenters. The van der Waals surface area contributed by atoms with Crippen LogP contribution in [0.25, 0.3) is 11.0 Å². The molecule has 0 saturated heterocycles. The molecule has 0 fully saturated rings. The van der Waals surface area contributed by atoms with Crippen LogP contribution in [0.5, 0.6) is 5.75 Å². The van der Waals surface area contributed by atoms with Gasteiger partial charge in [-0.3, -0.25) is 9.59 Å². The van der Waals surface area contributed by atoms with Crippen molar-refractivity contribution in [2.45, 2.75) is 52.3 Å². The number of hydrogen-bond donors (Lipinski definition) is 0. The van der Waals surface area contributed by atoms with Gasteiger partial charge in [-0.05, 0) is 58.4 Å². The van der Waals surface area contributed by atoms with E-state index in [9.17, 15) is 14.4 Å². The molecule has 1 unspecified atom stereocenters. The highest BCUT2D eigenvalue weighted by molar-refractivity contribution is 9.10. The normalized spacial score (nSPS) is 15.8. The number of ether oxygens (including phenoxy) is 3. The number of hydrogen-bond acceptors (Lipinski definition) is 7. The minimum Gasteiger partial charge on any atom is -0.487 e. The second-order valence-electron chi connectivity index (χ2n) is 10.1. The zero-order valence-corrected chi connectivity index (χ0v) is 24.7. The Morgan fingerprint density at radius 1 is 1.23 bits per heavy atom. The number of halogens is 1. The summed E-state index contributed by atoms with van der Waals surface area (Å²) in [7, 11) is 1.62. The molecule has 39 heavy (non-hydrogen) atoms. The largest absolute Gasteiger partial charge is 0.487 e. The van der Waals surface area contributed by atoms with E-state index in [4.69, 9.17) is 18.6 Å². The zero-order valence-electron chi connectivity index (χ0n) is 23.1. The zero-order chi connectivity index (χ0) is 28.7. The van der Waals surface area contributed by atoms with E-state index in [1.54, 1.807) is 39.7 Å². The number of rotatable bonds is 6. The predicted molar refractivity (Wildman–Crippen MR) is 151 cm³/mol. The molecule has 0 spiro atoms. The van der Waals surface area contributed by atoms with E-state index in [0.29, 0.717) is 37.5 Å². The predicted octanol–water partition coefficient (Wildman–Crippen LogP) is 6.21. The molecule has 2 heterocycles. The van der Waals surface area contributed by atoms with Crippen LogP contribution in [0.2, 0.25) is 0 Å². The van der Waals surface area contributed by atoms with Gasteiger partial charge in [-0.25, -0.2) is 9.69 Å². The second-order valence-corrected chi connectivity index (χ2v) is 11.0. The van der Waals surface area contributed by atoms with Gasteiger partial charge in [0, 0.05) is 18.1 Å². The van der Waals surface area contributed by atoms with E-state index in [1.807, 2.05) is 55.5 Å². The number of imide groups is 1. The Labute approximate surface area is 237 Å². The summed E-state index contributed by atoms with van der Waals surface area (Å²) in [6.07, 6.45) is -0.125. The number of methoxy groups -OCH3 is 1. The lowest BCUT2D eigenvalue weighted by Crippen LogP contribution is -2.41. The number of carbonyl (C=O) groups is 3. The molecule has 4 rings (SSSR count). The number of furan rings is 1. The minimum absolute atomic E-state index is 0.0271. The van der Waals surface area contributed by atoms with Gasteiger partial charge in [-0.15, -0.1) is 0 Å². The molecule has 0 radical (unpaired) electrons. The van der Waals surface area contributed by atoms with Crippen molar-refractivity contribution in [1.82, 2.24) is 9.80 Å². The Hall–Kier alpha value is -3.37. The molecule has 10 heteroatoms. The molecule has 3 aromatic rings. The summed E-state index contributed by atoms with van der Waals surface area (Å²) in [6.45, 7) is 10.5. The van der Waals surface area contributed by atoms with E-state index >= 15 is 0 Å². The number of fused-ring (bicyclic) bond motifs is 3.